The van der Waals surface area contributed by atoms with Crippen LogP contribution in [0.5, 0.6) is 0 Å². The van der Waals surface area contributed by atoms with E-state index in [1.807, 2.05) is 13.8 Å². The topological polar surface area (TPSA) is 51.8 Å². The van der Waals surface area contributed by atoms with Crippen molar-refractivity contribution in [1.29, 1.82) is 0 Å². The third kappa shape index (κ3) is 4.01. The number of hydrogen-bond acceptors (Lipinski definition) is 4. The van der Waals surface area contributed by atoms with Gasteiger partial charge in [-0.2, -0.15) is 13.2 Å². The average Bonchev–Trinajstić information content (AvgIpc) is 2.74. The molecule has 0 aromatic carbocycles. The summed E-state index contributed by atoms with van der Waals surface area (Å²) in [6, 6.07) is 2.30. The third-order valence-corrected chi connectivity index (χ3v) is 4.34. The van der Waals surface area contributed by atoms with Crippen molar-refractivity contribution in [1.82, 2.24) is 9.97 Å². The molecule has 0 saturated heterocycles. The normalized spacial score (nSPS) is 13.4. The van der Waals surface area contributed by atoms with Crippen LogP contribution in [0.15, 0.2) is 18.3 Å². The molecule has 1 atom stereocenters. The molecule has 0 aliphatic carbocycles. The first-order valence-corrected chi connectivity index (χ1v) is 7.30. The highest BCUT2D eigenvalue weighted by atomic mass is 32.1. The standard InChI is InChI=1S/C14H16F3N3S/c1-8-13(21-9(2)20-8)11(18)5-3-10-4-6-12(19-7-10)14(15,16)17/h4,6-7,11H,3,5,18H2,1-2H3/t11-/m0/s1. The number of hydrogen-bond donors (Lipinski definition) is 1. The monoisotopic (exact) mass is 315 g/mol. The largest absolute Gasteiger partial charge is 0.433 e. The number of nitrogens with two attached hydrogens (primary N) is 1. The molecule has 2 N–H and O–H groups in total. The van der Waals surface area contributed by atoms with E-state index in [1.165, 1.54) is 12.3 Å². The van der Waals surface area contributed by atoms with Gasteiger partial charge in [-0.05, 0) is 38.3 Å². The number of pyridine rings is 1. The Labute approximate surface area is 125 Å². The van der Waals surface area contributed by atoms with Crippen molar-refractivity contribution < 1.29 is 13.2 Å². The van der Waals surface area contributed by atoms with E-state index in [1.54, 1.807) is 11.3 Å². The predicted molar refractivity (Wildman–Crippen MR) is 76.1 cm³/mol. The molecule has 3 nitrogen and oxygen atoms in total. The maximum Gasteiger partial charge on any atom is 0.433 e. The molecule has 0 aliphatic heterocycles. The Bertz CT molecular complexity index is 605. The van der Waals surface area contributed by atoms with Crippen molar-refractivity contribution in [3.05, 3.63) is 45.2 Å². The maximum atomic E-state index is 12.4. The van der Waals surface area contributed by atoms with Gasteiger partial charge in [-0.15, -0.1) is 11.3 Å². The maximum absolute atomic E-state index is 12.4. The zero-order valence-electron chi connectivity index (χ0n) is 11.7. The van der Waals surface area contributed by atoms with Gasteiger partial charge in [0.15, 0.2) is 0 Å². The van der Waals surface area contributed by atoms with Crippen LogP contribution >= 0.6 is 11.3 Å². The Kier molecular flexibility index (Phi) is 4.63. The SMILES string of the molecule is Cc1nc(C)c([C@@H](N)CCc2ccc(C(F)(F)F)nc2)s1. The quantitative estimate of drug-likeness (QED) is 0.933. The molecular formula is C14H16F3N3S. The van der Waals surface area contributed by atoms with Gasteiger partial charge in [-0.3, -0.25) is 4.98 Å². The number of thiazole rings is 1. The Morgan fingerprint density at radius 3 is 2.48 bits per heavy atom. The van der Waals surface area contributed by atoms with Crippen molar-refractivity contribution in [2.24, 2.45) is 5.73 Å². The highest BCUT2D eigenvalue weighted by Crippen LogP contribution is 2.28. The lowest BCUT2D eigenvalue weighted by molar-refractivity contribution is -0.141. The Hall–Kier alpha value is -1.47. The number of aryl methyl sites for hydroxylation is 3. The molecule has 21 heavy (non-hydrogen) atoms. The van der Waals surface area contributed by atoms with E-state index < -0.39 is 11.9 Å². The summed E-state index contributed by atoms with van der Waals surface area (Å²) in [6.07, 6.45) is -1.90. The van der Waals surface area contributed by atoms with Gasteiger partial charge < -0.3 is 5.73 Å². The zero-order valence-corrected chi connectivity index (χ0v) is 12.6. The van der Waals surface area contributed by atoms with Gasteiger partial charge in [0.05, 0.1) is 10.7 Å². The van der Waals surface area contributed by atoms with Crippen LogP contribution in [-0.4, -0.2) is 9.97 Å². The molecule has 0 unspecified atom stereocenters. The van der Waals surface area contributed by atoms with Gasteiger partial charge in [0.1, 0.15) is 5.69 Å². The van der Waals surface area contributed by atoms with Crippen LogP contribution in [-0.2, 0) is 12.6 Å². The summed E-state index contributed by atoms with van der Waals surface area (Å²) < 4.78 is 37.2. The van der Waals surface area contributed by atoms with Crippen LogP contribution in [0.3, 0.4) is 0 Å². The molecular weight excluding hydrogens is 299 g/mol. The second-order valence-electron chi connectivity index (χ2n) is 4.88. The lowest BCUT2D eigenvalue weighted by Gasteiger charge is -2.11. The van der Waals surface area contributed by atoms with Crippen LogP contribution in [0, 0.1) is 13.8 Å². The second-order valence-corrected chi connectivity index (χ2v) is 6.11. The lowest BCUT2D eigenvalue weighted by Crippen LogP contribution is -2.12. The van der Waals surface area contributed by atoms with E-state index in [2.05, 4.69) is 9.97 Å². The van der Waals surface area contributed by atoms with Gasteiger partial charge in [-0.1, -0.05) is 6.07 Å². The first-order chi connectivity index (χ1) is 9.77. The smallest absolute Gasteiger partial charge is 0.323 e. The predicted octanol–water partition coefficient (Wildman–Crippen LogP) is 3.81. The fourth-order valence-electron chi connectivity index (χ4n) is 2.08. The first-order valence-electron chi connectivity index (χ1n) is 6.49. The molecule has 0 saturated carbocycles. The van der Waals surface area contributed by atoms with Crippen molar-refractivity contribution in [3.8, 4) is 0 Å². The van der Waals surface area contributed by atoms with E-state index in [0.29, 0.717) is 12.8 Å². The molecule has 114 valence electrons. The highest BCUT2D eigenvalue weighted by Gasteiger charge is 2.31. The number of alkyl halides is 3. The van der Waals surface area contributed by atoms with Gasteiger partial charge in [0, 0.05) is 17.1 Å². The van der Waals surface area contributed by atoms with Crippen LogP contribution in [0.4, 0.5) is 13.2 Å². The molecule has 0 aliphatic rings. The fraction of sp³-hybridized carbons (Fsp3) is 0.429. The van der Waals surface area contributed by atoms with E-state index in [4.69, 9.17) is 5.73 Å². The molecule has 2 rings (SSSR count). The molecule has 7 heteroatoms. The summed E-state index contributed by atoms with van der Waals surface area (Å²) in [5.74, 6) is 0. The van der Waals surface area contributed by atoms with Gasteiger partial charge in [-0.25, -0.2) is 4.98 Å². The fourth-order valence-corrected chi connectivity index (χ4v) is 3.05. The molecule has 2 aromatic rings. The first kappa shape index (κ1) is 15.9. The van der Waals surface area contributed by atoms with Crippen LogP contribution in [0.2, 0.25) is 0 Å². The summed E-state index contributed by atoms with van der Waals surface area (Å²) >= 11 is 1.56. The Morgan fingerprint density at radius 1 is 1.29 bits per heavy atom. The molecule has 0 fully saturated rings. The zero-order chi connectivity index (χ0) is 15.6. The third-order valence-electron chi connectivity index (χ3n) is 3.14. The van der Waals surface area contributed by atoms with Crippen LogP contribution in [0.25, 0.3) is 0 Å². The molecule has 0 radical (unpaired) electrons. The average molecular weight is 315 g/mol. The van der Waals surface area contributed by atoms with Crippen molar-refractivity contribution in [2.45, 2.75) is 38.9 Å². The lowest BCUT2D eigenvalue weighted by atomic mass is 10.1. The summed E-state index contributed by atoms with van der Waals surface area (Å²) in [5, 5.41) is 0.967. The Balaban J connectivity index is 1.98. The van der Waals surface area contributed by atoms with Gasteiger partial charge in [0.2, 0.25) is 0 Å². The molecule has 2 heterocycles. The van der Waals surface area contributed by atoms with Crippen molar-refractivity contribution in [2.75, 3.05) is 0 Å². The Morgan fingerprint density at radius 2 is 2.00 bits per heavy atom. The van der Waals surface area contributed by atoms with Crippen molar-refractivity contribution in [3.63, 3.8) is 0 Å². The van der Waals surface area contributed by atoms with Crippen molar-refractivity contribution >= 4 is 11.3 Å². The molecule has 0 amide bonds. The summed E-state index contributed by atoms with van der Waals surface area (Å²) in [7, 11) is 0. The summed E-state index contributed by atoms with van der Waals surface area (Å²) in [5.41, 5.74) is 6.93. The highest BCUT2D eigenvalue weighted by molar-refractivity contribution is 7.11. The molecule has 0 spiro atoms. The van der Waals surface area contributed by atoms with E-state index in [9.17, 15) is 13.2 Å². The minimum Gasteiger partial charge on any atom is -0.323 e. The van der Waals surface area contributed by atoms with E-state index in [-0.39, 0.29) is 6.04 Å². The number of nitrogens with zero attached hydrogens (tertiary/aromatic N) is 2. The van der Waals surface area contributed by atoms with Gasteiger partial charge in [0.25, 0.3) is 0 Å². The molecule has 0 bridgehead atoms. The molecule has 2 aromatic heterocycles. The summed E-state index contributed by atoms with van der Waals surface area (Å²) in [6.45, 7) is 3.84. The number of rotatable bonds is 4. The van der Waals surface area contributed by atoms with Gasteiger partial charge >= 0.3 is 6.18 Å². The number of aromatic nitrogens is 2. The minimum absolute atomic E-state index is 0.154. The van der Waals surface area contributed by atoms with E-state index >= 15 is 0 Å². The van der Waals surface area contributed by atoms with Crippen LogP contribution < -0.4 is 5.73 Å². The van der Waals surface area contributed by atoms with Crippen LogP contribution in [0.1, 0.15) is 39.3 Å². The summed E-state index contributed by atoms with van der Waals surface area (Å²) in [4.78, 5) is 8.81. The number of halogens is 3. The minimum atomic E-state index is -4.40. The van der Waals surface area contributed by atoms with E-state index in [0.717, 1.165) is 27.2 Å². The second kappa shape index (κ2) is 6.11.